The Morgan fingerprint density at radius 2 is 2.14 bits per heavy atom. The zero-order chi connectivity index (χ0) is 15.6. The molecule has 6 heteroatoms. The summed E-state index contributed by atoms with van der Waals surface area (Å²) < 4.78 is 6.33. The molecule has 4 nitrogen and oxygen atoms in total. The molecule has 3 aliphatic heterocycles. The van der Waals surface area contributed by atoms with Gasteiger partial charge in [-0.3, -0.25) is 0 Å². The Morgan fingerprint density at radius 3 is 2.91 bits per heavy atom. The molecule has 1 N–H and O–H groups in total. The van der Waals surface area contributed by atoms with Gasteiger partial charge in [-0.15, -0.1) is 0 Å². The van der Waals surface area contributed by atoms with Crippen molar-refractivity contribution < 1.29 is 9.53 Å². The van der Waals surface area contributed by atoms with Gasteiger partial charge < -0.3 is 15.0 Å². The third kappa shape index (κ3) is 4.06. The molecule has 126 valence electrons. The van der Waals surface area contributed by atoms with Crippen LogP contribution in [-0.4, -0.2) is 64.3 Å². The Morgan fingerprint density at radius 1 is 1.27 bits per heavy atom. The second-order valence-electron chi connectivity index (χ2n) is 7.32. The molecule has 0 aromatic carbocycles. The summed E-state index contributed by atoms with van der Waals surface area (Å²) in [6, 6.07) is 0.412. The van der Waals surface area contributed by atoms with Crippen LogP contribution in [0, 0.1) is 0 Å². The maximum atomic E-state index is 12.6. The van der Waals surface area contributed by atoms with E-state index < -0.39 is 0 Å². The van der Waals surface area contributed by atoms with Gasteiger partial charge in [-0.25, -0.2) is 4.79 Å². The van der Waals surface area contributed by atoms with E-state index in [0.717, 1.165) is 56.9 Å². The average Bonchev–Trinajstić information content (AvgIpc) is 2.81. The minimum absolute atomic E-state index is 0.0392. The fraction of sp³-hybridized carbons (Fsp3) is 0.938. The van der Waals surface area contributed by atoms with Crippen LogP contribution < -0.4 is 5.32 Å². The SMILES string of the molecule is CC1(C)CCN(C(=O)N[C@H]2CCO[C@]3(CCSC3)C2)CCS1. The highest BCUT2D eigenvalue weighted by molar-refractivity contribution is 8.00. The molecule has 3 saturated heterocycles. The third-order valence-corrected chi connectivity index (χ3v) is 7.61. The van der Waals surface area contributed by atoms with E-state index in [0.29, 0.717) is 4.75 Å². The number of rotatable bonds is 1. The fourth-order valence-electron chi connectivity index (χ4n) is 3.50. The van der Waals surface area contributed by atoms with Gasteiger partial charge in [0.2, 0.25) is 0 Å². The van der Waals surface area contributed by atoms with Gasteiger partial charge in [-0.1, -0.05) is 13.8 Å². The lowest BCUT2D eigenvalue weighted by atomic mass is 9.90. The normalized spacial score (nSPS) is 35.4. The molecular formula is C16H28N2O2S2. The number of carbonyl (C=O) groups excluding carboxylic acids is 1. The van der Waals surface area contributed by atoms with Crippen LogP contribution in [0.25, 0.3) is 0 Å². The van der Waals surface area contributed by atoms with Crippen LogP contribution in [0.5, 0.6) is 0 Å². The molecule has 3 rings (SSSR count). The highest BCUT2D eigenvalue weighted by atomic mass is 32.2. The lowest BCUT2D eigenvalue weighted by Gasteiger charge is -2.38. The molecule has 2 amide bonds. The monoisotopic (exact) mass is 344 g/mol. The summed E-state index contributed by atoms with van der Waals surface area (Å²) in [6.07, 6.45) is 4.14. The number of nitrogens with zero attached hydrogens (tertiary/aromatic N) is 1. The Labute approximate surface area is 142 Å². The van der Waals surface area contributed by atoms with E-state index in [1.807, 2.05) is 28.4 Å². The van der Waals surface area contributed by atoms with Gasteiger partial charge in [0.25, 0.3) is 0 Å². The van der Waals surface area contributed by atoms with Crippen LogP contribution in [0.2, 0.25) is 0 Å². The van der Waals surface area contributed by atoms with Crippen LogP contribution in [0.4, 0.5) is 4.79 Å². The number of carbonyl (C=O) groups is 1. The molecule has 3 fully saturated rings. The van der Waals surface area contributed by atoms with E-state index in [4.69, 9.17) is 4.74 Å². The summed E-state index contributed by atoms with van der Waals surface area (Å²) in [5, 5.41) is 3.28. The number of amides is 2. The van der Waals surface area contributed by atoms with Crippen molar-refractivity contribution in [1.82, 2.24) is 10.2 Å². The minimum atomic E-state index is 0.0392. The number of thioether (sulfide) groups is 2. The van der Waals surface area contributed by atoms with Gasteiger partial charge in [-0.05, 0) is 31.4 Å². The summed E-state index contributed by atoms with van der Waals surface area (Å²) in [4.78, 5) is 14.6. The van der Waals surface area contributed by atoms with Crippen molar-refractivity contribution in [2.75, 3.05) is 37.0 Å². The molecule has 0 radical (unpaired) electrons. The van der Waals surface area contributed by atoms with Gasteiger partial charge in [0.1, 0.15) is 0 Å². The van der Waals surface area contributed by atoms with Gasteiger partial charge >= 0.3 is 6.03 Å². The average molecular weight is 345 g/mol. The van der Waals surface area contributed by atoms with Crippen molar-refractivity contribution in [2.24, 2.45) is 0 Å². The Balaban J connectivity index is 1.52. The van der Waals surface area contributed by atoms with Gasteiger partial charge in [0.15, 0.2) is 0 Å². The molecule has 0 saturated carbocycles. The first-order valence-corrected chi connectivity index (χ1v) is 10.5. The summed E-state index contributed by atoms with van der Waals surface area (Å²) in [5.74, 6) is 3.32. The molecule has 3 heterocycles. The zero-order valence-corrected chi connectivity index (χ0v) is 15.4. The van der Waals surface area contributed by atoms with E-state index in [-0.39, 0.29) is 17.7 Å². The van der Waals surface area contributed by atoms with Crippen molar-refractivity contribution in [3.8, 4) is 0 Å². The highest BCUT2D eigenvalue weighted by Gasteiger charge is 2.41. The summed E-state index contributed by atoms with van der Waals surface area (Å²) in [6.45, 7) is 7.08. The number of nitrogens with one attached hydrogen (secondary N) is 1. The minimum Gasteiger partial charge on any atom is -0.374 e. The van der Waals surface area contributed by atoms with Crippen molar-refractivity contribution >= 4 is 29.6 Å². The second kappa shape index (κ2) is 6.81. The number of hydrogen-bond donors (Lipinski definition) is 1. The summed E-state index contributed by atoms with van der Waals surface area (Å²) >= 11 is 3.96. The van der Waals surface area contributed by atoms with Crippen LogP contribution in [-0.2, 0) is 4.74 Å². The number of urea groups is 1. The molecule has 22 heavy (non-hydrogen) atoms. The van der Waals surface area contributed by atoms with Crippen LogP contribution >= 0.6 is 23.5 Å². The van der Waals surface area contributed by atoms with Gasteiger partial charge in [0, 0.05) is 42.0 Å². The second-order valence-corrected chi connectivity index (χ2v) is 10.2. The predicted molar refractivity (Wildman–Crippen MR) is 94.9 cm³/mol. The molecule has 2 atom stereocenters. The van der Waals surface area contributed by atoms with Crippen LogP contribution in [0.15, 0.2) is 0 Å². The molecule has 0 aromatic rings. The number of ether oxygens (including phenoxy) is 1. The maximum absolute atomic E-state index is 12.6. The Bertz CT molecular complexity index is 411. The topological polar surface area (TPSA) is 41.6 Å². The molecule has 1 spiro atoms. The summed E-state index contributed by atoms with van der Waals surface area (Å²) in [7, 11) is 0. The van der Waals surface area contributed by atoms with E-state index >= 15 is 0 Å². The first-order chi connectivity index (χ1) is 10.5. The predicted octanol–water partition coefficient (Wildman–Crippen LogP) is 2.97. The molecule has 0 unspecified atom stereocenters. The lowest BCUT2D eigenvalue weighted by molar-refractivity contribution is -0.0688. The van der Waals surface area contributed by atoms with Gasteiger partial charge in [-0.2, -0.15) is 23.5 Å². The molecule has 0 aromatic heterocycles. The largest absolute Gasteiger partial charge is 0.374 e. The van der Waals surface area contributed by atoms with Crippen molar-refractivity contribution in [3.05, 3.63) is 0 Å². The van der Waals surface area contributed by atoms with Crippen molar-refractivity contribution in [1.29, 1.82) is 0 Å². The highest BCUT2D eigenvalue weighted by Crippen LogP contribution is 2.38. The quantitative estimate of drug-likeness (QED) is 0.794. The van der Waals surface area contributed by atoms with Gasteiger partial charge in [0.05, 0.1) is 5.60 Å². The maximum Gasteiger partial charge on any atom is 0.317 e. The van der Waals surface area contributed by atoms with Crippen LogP contribution in [0.1, 0.15) is 39.5 Å². The van der Waals surface area contributed by atoms with Crippen molar-refractivity contribution in [3.63, 3.8) is 0 Å². The zero-order valence-electron chi connectivity index (χ0n) is 13.7. The molecule has 0 aliphatic carbocycles. The first kappa shape index (κ1) is 16.8. The molecular weight excluding hydrogens is 316 g/mol. The fourth-order valence-corrected chi connectivity index (χ4v) is 5.98. The summed E-state index contributed by atoms with van der Waals surface area (Å²) in [5.41, 5.74) is 0.0392. The number of hydrogen-bond acceptors (Lipinski definition) is 4. The van der Waals surface area contributed by atoms with E-state index in [1.165, 1.54) is 5.75 Å². The van der Waals surface area contributed by atoms with E-state index in [9.17, 15) is 4.79 Å². The molecule has 3 aliphatic rings. The van der Waals surface area contributed by atoms with Crippen molar-refractivity contribution in [2.45, 2.75) is 55.9 Å². The third-order valence-electron chi connectivity index (χ3n) is 5.01. The lowest BCUT2D eigenvalue weighted by Crippen LogP contribution is -2.52. The Hall–Kier alpha value is -0.0700. The van der Waals surface area contributed by atoms with Crippen LogP contribution in [0.3, 0.4) is 0 Å². The Kier molecular flexibility index (Phi) is 5.20. The standard InChI is InChI=1S/C16H28N2O2S2/c1-15(2)4-6-18(7-10-22-15)14(19)17-13-3-8-20-16(11-13)5-9-21-12-16/h13H,3-12H2,1-2H3,(H,17,19)/t13-,16+/m0/s1. The van der Waals surface area contributed by atoms with E-state index in [1.54, 1.807) is 0 Å². The molecule has 0 bridgehead atoms. The smallest absolute Gasteiger partial charge is 0.317 e. The first-order valence-electron chi connectivity index (χ1n) is 8.39. The van der Waals surface area contributed by atoms with E-state index in [2.05, 4.69) is 19.2 Å².